The molecule has 5 N–H and O–H groups in total. The number of hydrogen-bond donors (Lipinski definition) is 4. The average Bonchev–Trinajstić information content (AvgIpc) is 2.92. The van der Waals surface area contributed by atoms with Gasteiger partial charge in [-0.15, -0.1) is 0 Å². The summed E-state index contributed by atoms with van der Waals surface area (Å²) >= 11 is 0. The number of aromatic nitrogens is 4. The molecule has 0 bridgehead atoms. The summed E-state index contributed by atoms with van der Waals surface area (Å²) in [5, 5.41) is 8.98. The van der Waals surface area contributed by atoms with Crippen molar-refractivity contribution in [2.75, 3.05) is 5.73 Å². The van der Waals surface area contributed by atoms with Gasteiger partial charge in [0.15, 0.2) is 11.2 Å². The minimum absolute atomic E-state index is 0.0189. The molecule has 3 rings (SSSR count). The van der Waals surface area contributed by atoms with Crippen LogP contribution in [0.5, 0.6) is 0 Å². The van der Waals surface area contributed by atoms with Crippen molar-refractivity contribution in [3.05, 3.63) is 16.2 Å². The highest BCUT2D eigenvalue weighted by Crippen LogP contribution is 2.37. The number of imidazole rings is 1. The highest BCUT2D eigenvalue weighted by molar-refractivity contribution is 5.71. The maximum absolute atomic E-state index is 11.7. The first kappa shape index (κ1) is 11.7. The van der Waals surface area contributed by atoms with Crippen molar-refractivity contribution in [1.82, 2.24) is 19.9 Å². The van der Waals surface area contributed by atoms with E-state index in [0.29, 0.717) is 18.7 Å². The number of aliphatic carboxylic acids is 1. The fourth-order valence-corrected chi connectivity index (χ4v) is 2.59. The minimum Gasteiger partial charge on any atom is -0.481 e. The Morgan fingerprint density at radius 2 is 2.11 bits per heavy atom. The van der Waals surface area contributed by atoms with Gasteiger partial charge in [-0.1, -0.05) is 0 Å². The standard InChI is InChI=1S/C11H13N5O3/c12-11-15-8-6(9(17)16-11)13-7(14-8)4-1-2-5(3-4)10(18)19/h4-5H,1-3H2,(H,18,19)(H4,12,13,14,15,16,17). The number of carbonyl (C=O) groups is 1. The highest BCUT2D eigenvalue weighted by Gasteiger charge is 2.32. The second kappa shape index (κ2) is 4.08. The van der Waals surface area contributed by atoms with Crippen molar-refractivity contribution < 1.29 is 9.90 Å². The molecule has 2 heterocycles. The number of H-pyrrole nitrogens is 2. The second-order valence-electron chi connectivity index (χ2n) is 4.82. The third kappa shape index (κ3) is 1.94. The molecule has 19 heavy (non-hydrogen) atoms. The summed E-state index contributed by atoms with van der Waals surface area (Å²) in [5.74, 6) is -0.461. The summed E-state index contributed by atoms with van der Waals surface area (Å²) in [4.78, 5) is 36.1. The number of rotatable bonds is 2. The topological polar surface area (TPSA) is 138 Å². The van der Waals surface area contributed by atoms with Crippen LogP contribution in [0.4, 0.5) is 5.95 Å². The number of carboxylic acids is 1. The Morgan fingerprint density at radius 3 is 2.79 bits per heavy atom. The molecule has 0 aromatic carbocycles. The van der Waals surface area contributed by atoms with E-state index in [2.05, 4.69) is 19.9 Å². The number of anilines is 1. The smallest absolute Gasteiger partial charge is 0.306 e. The number of nitrogen functional groups attached to an aromatic ring is 1. The Hall–Kier alpha value is -2.38. The number of fused-ring (bicyclic) bond motifs is 1. The van der Waals surface area contributed by atoms with Crippen molar-refractivity contribution >= 4 is 23.1 Å². The first-order chi connectivity index (χ1) is 9.04. The fourth-order valence-electron chi connectivity index (χ4n) is 2.59. The molecule has 8 heteroatoms. The third-order valence-corrected chi connectivity index (χ3v) is 3.57. The Bertz CT molecular complexity index is 704. The number of hydrogen-bond acceptors (Lipinski definition) is 5. The van der Waals surface area contributed by atoms with E-state index in [4.69, 9.17) is 10.8 Å². The summed E-state index contributed by atoms with van der Waals surface area (Å²) in [7, 11) is 0. The lowest BCUT2D eigenvalue weighted by Crippen LogP contribution is -2.11. The Balaban J connectivity index is 1.97. The van der Waals surface area contributed by atoms with Gasteiger partial charge >= 0.3 is 5.97 Å². The normalized spacial score (nSPS) is 22.9. The SMILES string of the molecule is Nc1nc2nc(C3CCC(C(=O)O)C3)[nH]c2c(=O)[nH]1. The number of nitrogens with zero attached hydrogens (tertiary/aromatic N) is 2. The van der Waals surface area contributed by atoms with E-state index in [-0.39, 0.29) is 34.5 Å². The second-order valence-corrected chi connectivity index (χ2v) is 4.82. The molecule has 1 aliphatic rings. The van der Waals surface area contributed by atoms with Gasteiger partial charge in [0, 0.05) is 5.92 Å². The van der Waals surface area contributed by atoms with Gasteiger partial charge in [-0.3, -0.25) is 14.6 Å². The molecule has 1 saturated carbocycles. The highest BCUT2D eigenvalue weighted by atomic mass is 16.4. The number of carboxylic acid groups (broad SMARTS) is 1. The lowest BCUT2D eigenvalue weighted by molar-refractivity contribution is -0.141. The van der Waals surface area contributed by atoms with Crippen LogP contribution in [-0.4, -0.2) is 31.0 Å². The van der Waals surface area contributed by atoms with Crippen molar-refractivity contribution in [2.24, 2.45) is 5.92 Å². The Kier molecular flexibility index (Phi) is 2.51. The zero-order chi connectivity index (χ0) is 13.6. The molecular formula is C11H13N5O3. The summed E-state index contributed by atoms with van der Waals surface area (Å²) in [6, 6.07) is 0. The van der Waals surface area contributed by atoms with Crippen LogP contribution >= 0.6 is 0 Å². The zero-order valence-corrected chi connectivity index (χ0v) is 10.0. The molecular weight excluding hydrogens is 250 g/mol. The summed E-state index contributed by atoms with van der Waals surface area (Å²) in [6.07, 6.45) is 1.90. The number of nitrogens with one attached hydrogen (secondary N) is 2. The summed E-state index contributed by atoms with van der Waals surface area (Å²) in [6.45, 7) is 0. The van der Waals surface area contributed by atoms with Crippen molar-refractivity contribution in [3.8, 4) is 0 Å². The van der Waals surface area contributed by atoms with Gasteiger partial charge < -0.3 is 15.8 Å². The Labute approximate surface area is 107 Å². The van der Waals surface area contributed by atoms with Gasteiger partial charge in [-0.05, 0) is 19.3 Å². The van der Waals surface area contributed by atoms with Crippen molar-refractivity contribution in [1.29, 1.82) is 0 Å². The van der Waals surface area contributed by atoms with E-state index >= 15 is 0 Å². The maximum atomic E-state index is 11.7. The van der Waals surface area contributed by atoms with Crippen molar-refractivity contribution in [2.45, 2.75) is 25.2 Å². The largest absolute Gasteiger partial charge is 0.481 e. The van der Waals surface area contributed by atoms with E-state index in [9.17, 15) is 9.59 Å². The van der Waals surface area contributed by atoms with Crippen LogP contribution in [0.2, 0.25) is 0 Å². The molecule has 100 valence electrons. The minimum atomic E-state index is -0.779. The molecule has 0 radical (unpaired) electrons. The molecule has 2 atom stereocenters. The van der Waals surface area contributed by atoms with Crippen LogP contribution in [0.15, 0.2) is 4.79 Å². The van der Waals surface area contributed by atoms with Crippen LogP contribution < -0.4 is 11.3 Å². The van der Waals surface area contributed by atoms with E-state index in [1.807, 2.05) is 0 Å². The van der Waals surface area contributed by atoms with Gasteiger partial charge in [0.2, 0.25) is 5.95 Å². The summed E-state index contributed by atoms with van der Waals surface area (Å²) < 4.78 is 0. The van der Waals surface area contributed by atoms with Gasteiger partial charge in [-0.25, -0.2) is 4.98 Å². The predicted octanol–water partition coefficient (Wildman–Crippen LogP) is 0.197. The molecule has 0 saturated heterocycles. The molecule has 1 fully saturated rings. The molecule has 2 unspecified atom stereocenters. The zero-order valence-electron chi connectivity index (χ0n) is 10.0. The lowest BCUT2D eigenvalue weighted by atomic mass is 10.0. The monoisotopic (exact) mass is 263 g/mol. The van der Waals surface area contributed by atoms with Crippen LogP contribution in [-0.2, 0) is 4.79 Å². The first-order valence-electron chi connectivity index (χ1n) is 6.03. The van der Waals surface area contributed by atoms with E-state index in [1.54, 1.807) is 0 Å². The lowest BCUT2D eigenvalue weighted by Gasteiger charge is -2.04. The van der Waals surface area contributed by atoms with E-state index in [1.165, 1.54) is 0 Å². The van der Waals surface area contributed by atoms with Crippen LogP contribution in [0.1, 0.15) is 31.0 Å². The van der Waals surface area contributed by atoms with Gasteiger partial charge in [-0.2, -0.15) is 4.98 Å². The van der Waals surface area contributed by atoms with Gasteiger partial charge in [0.05, 0.1) is 5.92 Å². The Morgan fingerprint density at radius 1 is 1.32 bits per heavy atom. The molecule has 0 amide bonds. The predicted molar refractivity (Wildman–Crippen MR) is 66.6 cm³/mol. The summed E-state index contributed by atoms with van der Waals surface area (Å²) in [5.41, 5.74) is 5.64. The van der Waals surface area contributed by atoms with E-state index < -0.39 is 5.97 Å². The number of aromatic amines is 2. The molecule has 0 spiro atoms. The van der Waals surface area contributed by atoms with Gasteiger partial charge in [0.25, 0.3) is 5.56 Å². The van der Waals surface area contributed by atoms with Crippen LogP contribution in [0.3, 0.4) is 0 Å². The molecule has 1 aliphatic carbocycles. The fraction of sp³-hybridized carbons (Fsp3) is 0.455. The van der Waals surface area contributed by atoms with Crippen LogP contribution in [0, 0.1) is 5.92 Å². The maximum Gasteiger partial charge on any atom is 0.306 e. The molecule has 8 nitrogen and oxygen atoms in total. The molecule has 2 aromatic rings. The molecule has 0 aliphatic heterocycles. The average molecular weight is 263 g/mol. The van der Waals surface area contributed by atoms with Gasteiger partial charge in [0.1, 0.15) is 5.82 Å². The quantitative estimate of drug-likeness (QED) is 0.610. The number of nitrogens with two attached hydrogens (primary N) is 1. The van der Waals surface area contributed by atoms with Crippen LogP contribution in [0.25, 0.3) is 11.2 Å². The van der Waals surface area contributed by atoms with Crippen molar-refractivity contribution in [3.63, 3.8) is 0 Å². The third-order valence-electron chi connectivity index (χ3n) is 3.57. The van der Waals surface area contributed by atoms with E-state index in [0.717, 1.165) is 6.42 Å². The first-order valence-corrected chi connectivity index (χ1v) is 6.03. The molecule has 2 aromatic heterocycles.